The van der Waals surface area contributed by atoms with E-state index in [1.54, 1.807) is 0 Å². The van der Waals surface area contributed by atoms with Crippen LogP contribution in [0, 0.1) is 37.0 Å². The van der Waals surface area contributed by atoms with Crippen LogP contribution in [-0.2, 0) is 0 Å². The quantitative estimate of drug-likeness (QED) is 0.870. The zero-order chi connectivity index (χ0) is 13.9. The van der Waals surface area contributed by atoms with Crippen molar-refractivity contribution in [2.24, 2.45) is 23.2 Å². The molecule has 1 N–H and O–H groups in total. The number of aryl methyl sites for hydroxylation is 2. The molecule has 1 aromatic rings. The number of hydrogen-bond acceptors (Lipinski definition) is 1. The monoisotopic (exact) mass is 272 g/mol. The summed E-state index contributed by atoms with van der Waals surface area (Å²) in [5.41, 5.74) is 7.08. The van der Waals surface area contributed by atoms with Crippen molar-refractivity contribution in [3.63, 3.8) is 0 Å². The van der Waals surface area contributed by atoms with Crippen LogP contribution >= 0.6 is 0 Å². The number of nitrogens with zero attached hydrogens (tertiary/aromatic N) is 1. The minimum Gasteiger partial charge on any atom is -0.323 e. The van der Waals surface area contributed by atoms with E-state index in [2.05, 4.69) is 43.0 Å². The van der Waals surface area contributed by atoms with Gasteiger partial charge in [0.1, 0.15) is 0 Å². The van der Waals surface area contributed by atoms with Gasteiger partial charge in [0.05, 0.1) is 0 Å². The Morgan fingerprint density at radius 1 is 1.00 bits per heavy atom. The van der Waals surface area contributed by atoms with E-state index in [1.807, 2.05) is 0 Å². The van der Waals surface area contributed by atoms with E-state index in [4.69, 9.17) is 0 Å². The first-order valence-electron chi connectivity index (χ1n) is 8.47. The molecule has 5 rings (SSSR count). The van der Waals surface area contributed by atoms with E-state index in [-0.39, 0.29) is 0 Å². The predicted molar refractivity (Wildman–Crippen MR) is 83.3 cm³/mol. The summed E-state index contributed by atoms with van der Waals surface area (Å²) in [6, 6.07) is 5.03. The standard InChI is InChI=1S/C18H28N2/c1-12-4-5-13(2)20(12)19-14(3)18-9-15-6-16(10-18)8-17(7-15)11-18/h4-5,14-17,19H,6-11H2,1-3H3. The lowest BCUT2D eigenvalue weighted by Gasteiger charge is -2.59. The van der Waals surface area contributed by atoms with Crippen molar-refractivity contribution in [2.75, 3.05) is 5.43 Å². The van der Waals surface area contributed by atoms with Crippen LogP contribution in [0.15, 0.2) is 12.1 Å². The summed E-state index contributed by atoms with van der Waals surface area (Å²) in [4.78, 5) is 0. The van der Waals surface area contributed by atoms with Gasteiger partial charge in [-0.3, -0.25) is 4.68 Å². The molecule has 0 spiro atoms. The zero-order valence-electron chi connectivity index (χ0n) is 13.2. The second-order valence-electron chi connectivity index (χ2n) is 8.08. The fourth-order valence-corrected chi connectivity index (χ4v) is 5.91. The van der Waals surface area contributed by atoms with Gasteiger partial charge in [-0.25, -0.2) is 0 Å². The van der Waals surface area contributed by atoms with Crippen molar-refractivity contribution in [2.45, 2.75) is 65.3 Å². The van der Waals surface area contributed by atoms with Crippen molar-refractivity contribution in [3.8, 4) is 0 Å². The number of aromatic nitrogens is 1. The average molecular weight is 272 g/mol. The van der Waals surface area contributed by atoms with E-state index in [9.17, 15) is 0 Å². The highest BCUT2D eigenvalue weighted by atomic mass is 15.4. The summed E-state index contributed by atoms with van der Waals surface area (Å²) in [5, 5.41) is 0. The Bertz CT molecular complexity index is 459. The fourth-order valence-electron chi connectivity index (χ4n) is 5.91. The third-order valence-corrected chi connectivity index (χ3v) is 6.60. The summed E-state index contributed by atoms with van der Waals surface area (Å²) < 4.78 is 2.31. The Kier molecular flexibility index (Phi) is 2.74. The topological polar surface area (TPSA) is 17.0 Å². The van der Waals surface area contributed by atoms with Crippen molar-refractivity contribution < 1.29 is 0 Å². The zero-order valence-corrected chi connectivity index (χ0v) is 13.2. The second kappa shape index (κ2) is 4.29. The fraction of sp³-hybridized carbons (Fsp3) is 0.778. The lowest BCUT2D eigenvalue weighted by molar-refractivity contribution is -0.0621. The highest BCUT2D eigenvalue weighted by Gasteiger charge is 2.53. The summed E-state index contributed by atoms with van der Waals surface area (Å²) in [7, 11) is 0. The largest absolute Gasteiger partial charge is 0.323 e. The Labute approximate surface area is 122 Å². The van der Waals surface area contributed by atoms with E-state index >= 15 is 0 Å². The van der Waals surface area contributed by atoms with Gasteiger partial charge in [0, 0.05) is 17.4 Å². The lowest BCUT2D eigenvalue weighted by atomic mass is 9.48. The molecular weight excluding hydrogens is 244 g/mol. The van der Waals surface area contributed by atoms with Gasteiger partial charge in [-0.1, -0.05) is 0 Å². The molecule has 1 heterocycles. The van der Waals surface area contributed by atoms with Gasteiger partial charge < -0.3 is 5.43 Å². The molecule has 0 amide bonds. The summed E-state index contributed by atoms with van der Waals surface area (Å²) in [5.74, 6) is 3.12. The highest BCUT2D eigenvalue weighted by molar-refractivity contribution is 5.17. The molecule has 4 aliphatic rings. The maximum Gasteiger partial charge on any atom is 0.0452 e. The van der Waals surface area contributed by atoms with Gasteiger partial charge >= 0.3 is 0 Å². The molecule has 2 nitrogen and oxygen atoms in total. The average Bonchev–Trinajstić information content (AvgIpc) is 2.69. The van der Waals surface area contributed by atoms with Gasteiger partial charge in [-0.05, 0) is 94.6 Å². The molecule has 4 aliphatic carbocycles. The molecular formula is C18H28N2. The van der Waals surface area contributed by atoms with Gasteiger partial charge in [0.25, 0.3) is 0 Å². The van der Waals surface area contributed by atoms with Crippen molar-refractivity contribution in [3.05, 3.63) is 23.5 Å². The molecule has 0 radical (unpaired) electrons. The molecule has 2 heteroatoms. The van der Waals surface area contributed by atoms with Gasteiger partial charge in [-0.15, -0.1) is 0 Å². The molecule has 1 atom stereocenters. The predicted octanol–water partition coefficient (Wildman–Crippen LogP) is 4.25. The molecule has 4 fully saturated rings. The van der Waals surface area contributed by atoms with Gasteiger partial charge in [0.2, 0.25) is 0 Å². The molecule has 0 aliphatic heterocycles. The SMILES string of the molecule is Cc1ccc(C)n1NC(C)C12CC3CC(CC(C3)C1)C2. The molecule has 110 valence electrons. The van der Waals surface area contributed by atoms with E-state index in [1.165, 1.54) is 49.9 Å². The van der Waals surface area contributed by atoms with Crippen LogP contribution in [0.5, 0.6) is 0 Å². The number of rotatable bonds is 3. The molecule has 0 saturated heterocycles. The number of nitrogens with one attached hydrogen (secondary N) is 1. The van der Waals surface area contributed by atoms with Crippen LogP contribution in [0.1, 0.15) is 56.8 Å². The second-order valence-corrected chi connectivity index (χ2v) is 8.08. The van der Waals surface area contributed by atoms with E-state index in [0.717, 1.165) is 17.8 Å². The van der Waals surface area contributed by atoms with Crippen molar-refractivity contribution in [1.29, 1.82) is 0 Å². The van der Waals surface area contributed by atoms with Crippen molar-refractivity contribution in [1.82, 2.24) is 4.68 Å². The van der Waals surface area contributed by atoms with Crippen molar-refractivity contribution >= 4 is 0 Å². The Morgan fingerprint density at radius 3 is 1.90 bits per heavy atom. The first kappa shape index (κ1) is 12.8. The first-order chi connectivity index (χ1) is 9.56. The molecule has 0 aromatic carbocycles. The third-order valence-electron chi connectivity index (χ3n) is 6.60. The Balaban J connectivity index is 1.58. The highest BCUT2D eigenvalue weighted by Crippen LogP contribution is 2.61. The van der Waals surface area contributed by atoms with Crippen LogP contribution in [-0.4, -0.2) is 10.7 Å². The Hall–Kier alpha value is -0.920. The summed E-state index contributed by atoms with van der Waals surface area (Å²) in [6.45, 7) is 6.84. The molecule has 1 aromatic heterocycles. The molecule has 20 heavy (non-hydrogen) atoms. The third kappa shape index (κ3) is 1.83. The molecule has 1 unspecified atom stereocenters. The molecule has 4 saturated carbocycles. The van der Waals surface area contributed by atoms with E-state index < -0.39 is 0 Å². The molecule has 4 bridgehead atoms. The van der Waals surface area contributed by atoms with Crippen LogP contribution in [0.2, 0.25) is 0 Å². The summed E-state index contributed by atoms with van der Waals surface area (Å²) in [6.07, 6.45) is 9.04. The van der Waals surface area contributed by atoms with Crippen LogP contribution < -0.4 is 5.43 Å². The maximum absolute atomic E-state index is 3.83. The summed E-state index contributed by atoms with van der Waals surface area (Å²) >= 11 is 0. The minimum absolute atomic E-state index is 0.581. The van der Waals surface area contributed by atoms with Crippen LogP contribution in [0.3, 0.4) is 0 Å². The minimum atomic E-state index is 0.581. The van der Waals surface area contributed by atoms with Crippen LogP contribution in [0.4, 0.5) is 0 Å². The van der Waals surface area contributed by atoms with Gasteiger partial charge in [0.15, 0.2) is 0 Å². The normalized spacial score (nSPS) is 40.0. The smallest absolute Gasteiger partial charge is 0.0452 e. The van der Waals surface area contributed by atoms with Crippen LogP contribution in [0.25, 0.3) is 0 Å². The lowest BCUT2D eigenvalue weighted by Crippen LogP contribution is -2.54. The van der Waals surface area contributed by atoms with Gasteiger partial charge in [-0.2, -0.15) is 0 Å². The van der Waals surface area contributed by atoms with E-state index in [0.29, 0.717) is 11.5 Å². The maximum atomic E-state index is 3.83. The Morgan fingerprint density at radius 2 is 1.45 bits per heavy atom. The first-order valence-corrected chi connectivity index (χ1v) is 8.47. The number of hydrogen-bond donors (Lipinski definition) is 1.